The van der Waals surface area contributed by atoms with Crippen LogP contribution < -0.4 is 10.0 Å². The summed E-state index contributed by atoms with van der Waals surface area (Å²) in [5.74, 6) is 0. The molecule has 5 heteroatoms. The molecule has 3 rings (SSSR count). The van der Waals surface area contributed by atoms with Crippen LogP contribution in [0.2, 0.25) is 0 Å². The Morgan fingerprint density at radius 1 is 1.24 bits per heavy atom. The van der Waals surface area contributed by atoms with Gasteiger partial charge in [0.15, 0.2) is 0 Å². The molecule has 108 valence electrons. The van der Waals surface area contributed by atoms with Crippen molar-refractivity contribution in [3.05, 3.63) is 59.2 Å². The molecule has 0 atom stereocenters. The third-order valence-electron chi connectivity index (χ3n) is 3.07. The van der Waals surface area contributed by atoms with E-state index in [-0.39, 0.29) is 0 Å². The maximum atomic E-state index is 5.21. The molecule has 0 aliphatic heterocycles. The molecule has 21 heavy (non-hydrogen) atoms. The number of nitrogens with one attached hydrogen (secondary N) is 2. The number of furan rings is 1. The van der Waals surface area contributed by atoms with Gasteiger partial charge in [-0.15, -0.1) is 0 Å². The Hall–Kier alpha value is -1.69. The van der Waals surface area contributed by atoms with Crippen molar-refractivity contribution in [3.63, 3.8) is 0 Å². The van der Waals surface area contributed by atoms with Gasteiger partial charge in [0.1, 0.15) is 0 Å². The van der Waals surface area contributed by atoms with Gasteiger partial charge in [0.25, 0.3) is 0 Å². The second-order valence-corrected chi connectivity index (χ2v) is 6.25. The smallest absolute Gasteiger partial charge is 0.0981 e. The maximum absolute atomic E-state index is 5.21. The molecule has 3 nitrogen and oxygen atoms in total. The molecule has 2 aromatic heterocycles. The van der Waals surface area contributed by atoms with Gasteiger partial charge < -0.3 is 14.5 Å². The summed E-state index contributed by atoms with van der Waals surface area (Å²) in [4.78, 5) is 1.22. The average Bonchev–Trinajstić information content (AvgIpc) is 3.19. The first-order valence-corrected chi connectivity index (χ1v) is 8.38. The van der Waals surface area contributed by atoms with Gasteiger partial charge in [-0.05, 0) is 48.1 Å². The molecule has 0 bridgehead atoms. The lowest BCUT2D eigenvalue weighted by Crippen LogP contribution is -2.05. The van der Waals surface area contributed by atoms with Crippen LogP contribution in [0.15, 0.2) is 62.9 Å². The lowest BCUT2D eigenvalue weighted by molar-refractivity contribution is 0.568. The van der Waals surface area contributed by atoms with E-state index in [1.807, 2.05) is 13.1 Å². The van der Waals surface area contributed by atoms with Crippen molar-refractivity contribution in [2.75, 3.05) is 11.8 Å². The number of thiophene rings is 1. The molecule has 2 N–H and O–H groups in total. The van der Waals surface area contributed by atoms with Crippen LogP contribution in [0.1, 0.15) is 5.56 Å². The molecule has 0 saturated carbocycles. The first-order chi connectivity index (χ1) is 10.4. The average molecular weight is 316 g/mol. The van der Waals surface area contributed by atoms with Crippen molar-refractivity contribution in [3.8, 4) is 11.1 Å². The number of anilines is 1. The highest BCUT2D eigenvalue weighted by Crippen LogP contribution is 2.33. The van der Waals surface area contributed by atoms with Gasteiger partial charge in [-0.3, -0.25) is 0 Å². The Labute approximate surface area is 132 Å². The summed E-state index contributed by atoms with van der Waals surface area (Å²) in [5.41, 5.74) is 4.57. The Balaban J connectivity index is 1.88. The zero-order valence-electron chi connectivity index (χ0n) is 11.6. The van der Waals surface area contributed by atoms with Gasteiger partial charge in [0, 0.05) is 27.9 Å². The SMILES string of the molecule is CNCc1ccc(-c2ccoc2)c(NSc2ccsc2)c1. The van der Waals surface area contributed by atoms with Crippen LogP contribution in [-0.4, -0.2) is 7.05 Å². The predicted octanol–water partition coefficient (Wildman–Crippen LogP) is 4.85. The van der Waals surface area contributed by atoms with Gasteiger partial charge in [-0.1, -0.05) is 12.1 Å². The molecule has 2 heterocycles. The first-order valence-electron chi connectivity index (χ1n) is 6.62. The van der Waals surface area contributed by atoms with Crippen LogP contribution in [-0.2, 0) is 6.54 Å². The summed E-state index contributed by atoms with van der Waals surface area (Å²) in [6.07, 6.45) is 3.47. The van der Waals surface area contributed by atoms with E-state index < -0.39 is 0 Å². The molecular formula is C16H16N2OS2. The molecule has 0 spiro atoms. The van der Waals surface area contributed by atoms with E-state index in [1.54, 1.807) is 35.8 Å². The third-order valence-corrected chi connectivity index (χ3v) is 4.72. The number of hydrogen-bond donors (Lipinski definition) is 2. The first kappa shape index (κ1) is 14.3. The van der Waals surface area contributed by atoms with E-state index >= 15 is 0 Å². The molecule has 0 saturated heterocycles. The highest BCUT2D eigenvalue weighted by molar-refractivity contribution is 8.00. The van der Waals surface area contributed by atoms with Crippen molar-refractivity contribution in [2.24, 2.45) is 0 Å². The summed E-state index contributed by atoms with van der Waals surface area (Å²) in [5, 5.41) is 7.40. The van der Waals surface area contributed by atoms with Crippen molar-refractivity contribution in [1.82, 2.24) is 5.32 Å². The monoisotopic (exact) mass is 316 g/mol. The fraction of sp³-hybridized carbons (Fsp3) is 0.125. The lowest BCUT2D eigenvalue weighted by atomic mass is 10.0. The summed E-state index contributed by atoms with van der Waals surface area (Å²) in [6, 6.07) is 10.5. The molecule has 0 aliphatic carbocycles. The van der Waals surface area contributed by atoms with Gasteiger partial charge in [-0.2, -0.15) is 11.3 Å². The minimum absolute atomic E-state index is 0.851. The van der Waals surface area contributed by atoms with Crippen LogP contribution in [0.4, 0.5) is 5.69 Å². The van der Waals surface area contributed by atoms with Gasteiger partial charge >= 0.3 is 0 Å². The van der Waals surface area contributed by atoms with Crippen molar-refractivity contribution >= 4 is 29.0 Å². The number of benzene rings is 1. The minimum Gasteiger partial charge on any atom is -0.472 e. The van der Waals surface area contributed by atoms with E-state index in [1.165, 1.54) is 10.5 Å². The molecular weight excluding hydrogens is 300 g/mol. The Morgan fingerprint density at radius 2 is 2.19 bits per heavy atom. The summed E-state index contributed by atoms with van der Waals surface area (Å²) in [7, 11) is 1.96. The van der Waals surface area contributed by atoms with Gasteiger partial charge in [-0.25, -0.2) is 0 Å². The zero-order valence-corrected chi connectivity index (χ0v) is 13.3. The van der Waals surface area contributed by atoms with Crippen molar-refractivity contribution in [1.29, 1.82) is 0 Å². The topological polar surface area (TPSA) is 37.2 Å². The lowest BCUT2D eigenvalue weighted by Gasteiger charge is -2.12. The van der Waals surface area contributed by atoms with Gasteiger partial charge in [0.2, 0.25) is 0 Å². The van der Waals surface area contributed by atoms with Crippen molar-refractivity contribution < 1.29 is 4.42 Å². The molecule has 0 radical (unpaired) electrons. The summed E-state index contributed by atoms with van der Waals surface area (Å²) < 4.78 is 8.66. The molecule has 1 aromatic carbocycles. The molecule has 0 aliphatic rings. The Bertz CT molecular complexity index is 678. The number of hydrogen-bond acceptors (Lipinski definition) is 5. The standard InChI is InChI=1S/C16H16N2OS2/c1-17-9-12-2-3-15(13-4-6-19-10-13)16(8-12)18-21-14-5-7-20-11-14/h2-8,10-11,17-18H,9H2,1H3. The quantitative estimate of drug-likeness (QED) is 0.638. The fourth-order valence-corrected chi connectivity index (χ4v) is 3.58. The normalized spacial score (nSPS) is 10.7. The van der Waals surface area contributed by atoms with E-state index in [0.717, 1.165) is 23.4 Å². The van der Waals surface area contributed by atoms with E-state index in [2.05, 4.69) is 45.1 Å². The Morgan fingerprint density at radius 3 is 2.90 bits per heavy atom. The van der Waals surface area contributed by atoms with Crippen molar-refractivity contribution in [2.45, 2.75) is 11.4 Å². The molecule has 3 aromatic rings. The molecule has 0 fully saturated rings. The fourth-order valence-electron chi connectivity index (χ4n) is 2.08. The number of rotatable bonds is 6. The van der Waals surface area contributed by atoms with Crippen LogP contribution in [0, 0.1) is 0 Å². The van der Waals surface area contributed by atoms with Gasteiger partial charge in [0.05, 0.1) is 18.2 Å². The second kappa shape index (κ2) is 6.85. The zero-order chi connectivity index (χ0) is 14.5. The Kier molecular flexibility index (Phi) is 4.65. The van der Waals surface area contributed by atoms with E-state index in [0.29, 0.717) is 0 Å². The highest BCUT2D eigenvalue weighted by atomic mass is 32.2. The van der Waals surface area contributed by atoms with E-state index in [4.69, 9.17) is 4.42 Å². The third kappa shape index (κ3) is 3.50. The van der Waals surface area contributed by atoms with Crippen LogP contribution >= 0.6 is 23.3 Å². The van der Waals surface area contributed by atoms with Crippen LogP contribution in [0.3, 0.4) is 0 Å². The minimum atomic E-state index is 0.851. The van der Waals surface area contributed by atoms with E-state index in [9.17, 15) is 0 Å². The predicted molar refractivity (Wildman–Crippen MR) is 90.7 cm³/mol. The highest BCUT2D eigenvalue weighted by Gasteiger charge is 2.08. The summed E-state index contributed by atoms with van der Waals surface area (Å²) in [6.45, 7) is 0.851. The maximum Gasteiger partial charge on any atom is 0.0981 e. The molecule has 0 amide bonds. The molecule has 0 unspecified atom stereocenters. The largest absolute Gasteiger partial charge is 0.472 e. The summed E-state index contributed by atoms with van der Waals surface area (Å²) >= 11 is 3.33. The van der Waals surface area contributed by atoms with Crippen LogP contribution in [0.25, 0.3) is 11.1 Å². The second-order valence-electron chi connectivity index (χ2n) is 4.59. The van der Waals surface area contributed by atoms with Crippen LogP contribution in [0.5, 0.6) is 0 Å².